The number of aliphatic hydroxyl groups is 2. The van der Waals surface area contributed by atoms with Gasteiger partial charge in [0.1, 0.15) is 29.4 Å². The first-order valence-electron chi connectivity index (χ1n) is 23.7. The van der Waals surface area contributed by atoms with Gasteiger partial charge in [0.15, 0.2) is 0 Å². The van der Waals surface area contributed by atoms with Gasteiger partial charge in [-0.25, -0.2) is 4.90 Å². The summed E-state index contributed by atoms with van der Waals surface area (Å²) in [6, 6.07) is 0.0832. The van der Waals surface area contributed by atoms with Crippen LogP contribution in [0, 0.1) is 5.92 Å². The van der Waals surface area contributed by atoms with E-state index in [0.29, 0.717) is 58.5 Å². The van der Waals surface area contributed by atoms with Crippen LogP contribution in [0.3, 0.4) is 0 Å². The molecule has 334 valence electrons. The van der Waals surface area contributed by atoms with E-state index in [9.17, 15) is 19.8 Å². The van der Waals surface area contributed by atoms with Crippen LogP contribution >= 0.6 is 0 Å². The molecule has 1 unspecified atom stereocenters. The van der Waals surface area contributed by atoms with Crippen LogP contribution in [0.1, 0.15) is 174 Å². The van der Waals surface area contributed by atoms with Crippen molar-refractivity contribution < 1.29 is 34.0 Å². The topological polar surface area (TPSA) is 185 Å². The van der Waals surface area contributed by atoms with Crippen molar-refractivity contribution in [3.63, 3.8) is 0 Å². The lowest BCUT2D eigenvalue weighted by Crippen LogP contribution is -2.85. The van der Waals surface area contributed by atoms with Crippen LogP contribution in [0.2, 0.25) is 0 Å². The Labute approximate surface area is 350 Å². The summed E-state index contributed by atoms with van der Waals surface area (Å²) < 4.78 is 19.5. The number of hydrogen-bond acceptors (Lipinski definition) is 12. The molecule has 9 atom stereocenters. The number of carbonyl (C=O) groups is 2. The van der Waals surface area contributed by atoms with Gasteiger partial charge in [0.05, 0.1) is 24.9 Å². The molecule has 2 spiro atoms. The summed E-state index contributed by atoms with van der Waals surface area (Å²) in [5, 5.41) is 30.3. The van der Waals surface area contributed by atoms with Crippen LogP contribution < -0.4 is 22.1 Å². The predicted octanol–water partition coefficient (Wildman–Crippen LogP) is 5.65. The van der Waals surface area contributed by atoms with Crippen LogP contribution in [-0.4, -0.2) is 112 Å². The quantitative estimate of drug-likeness (QED) is 0.0379. The second-order valence-corrected chi connectivity index (χ2v) is 18.3. The number of nitrogens with zero attached hydrogens (tertiary/aromatic N) is 2. The first-order valence-corrected chi connectivity index (χ1v) is 23.7. The molecule has 5 rings (SSSR count). The highest BCUT2D eigenvalue weighted by atomic mass is 16.6. The molecule has 0 aromatic rings. The van der Waals surface area contributed by atoms with E-state index in [1.165, 1.54) is 44.9 Å². The van der Waals surface area contributed by atoms with Crippen molar-refractivity contribution in [3.05, 3.63) is 12.2 Å². The molecule has 13 nitrogen and oxygen atoms in total. The van der Waals surface area contributed by atoms with E-state index in [-0.39, 0.29) is 36.4 Å². The Hall–Kier alpha value is -1.68. The highest BCUT2D eigenvalue weighted by Crippen LogP contribution is 2.53. The summed E-state index contributed by atoms with van der Waals surface area (Å²) in [7, 11) is 0. The predicted molar refractivity (Wildman–Crippen MR) is 227 cm³/mol. The van der Waals surface area contributed by atoms with Crippen molar-refractivity contribution in [1.29, 1.82) is 0 Å². The third kappa shape index (κ3) is 12.7. The molecule has 0 saturated carbocycles. The zero-order valence-electron chi connectivity index (χ0n) is 36.3. The molecular formula is C45H82N6O7. The molecule has 58 heavy (non-hydrogen) atoms. The van der Waals surface area contributed by atoms with Crippen molar-refractivity contribution in [2.45, 2.75) is 222 Å². The van der Waals surface area contributed by atoms with E-state index in [4.69, 9.17) is 25.7 Å². The Morgan fingerprint density at radius 1 is 0.914 bits per heavy atom. The second-order valence-electron chi connectivity index (χ2n) is 18.3. The molecule has 0 aliphatic carbocycles. The van der Waals surface area contributed by atoms with Crippen LogP contribution in [-0.2, 0) is 23.8 Å². The largest absolute Gasteiger partial charge is 0.465 e. The minimum Gasteiger partial charge on any atom is -0.465 e. The molecule has 5 aliphatic rings. The van der Waals surface area contributed by atoms with E-state index in [1.54, 1.807) is 4.90 Å². The minimum atomic E-state index is -1.36. The summed E-state index contributed by atoms with van der Waals surface area (Å²) in [5.74, 6) is -1.07. The summed E-state index contributed by atoms with van der Waals surface area (Å²) in [6.45, 7) is 6.48. The van der Waals surface area contributed by atoms with Crippen LogP contribution in [0.4, 0.5) is 0 Å². The lowest BCUT2D eigenvalue weighted by molar-refractivity contribution is -0.316. The number of unbranched alkanes of at least 4 members (excludes halogenated alkanes) is 12. The van der Waals surface area contributed by atoms with Crippen LogP contribution in [0.5, 0.6) is 0 Å². The number of allylic oxidation sites excluding steroid dienone is 1. The Bertz CT molecular complexity index is 1280. The molecule has 0 aromatic heterocycles. The first-order chi connectivity index (χ1) is 28.1. The van der Waals surface area contributed by atoms with Crippen LogP contribution in [0.15, 0.2) is 12.2 Å². The van der Waals surface area contributed by atoms with E-state index in [1.807, 2.05) is 0 Å². The Morgan fingerprint density at radius 3 is 2.26 bits per heavy atom. The van der Waals surface area contributed by atoms with Gasteiger partial charge >= 0.3 is 5.97 Å². The molecule has 0 bridgehead atoms. The lowest BCUT2D eigenvalue weighted by atomic mass is 9.77. The van der Waals surface area contributed by atoms with Crippen molar-refractivity contribution in [2.75, 3.05) is 32.8 Å². The maximum absolute atomic E-state index is 14.1. The van der Waals surface area contributed by atoms with Gasteiger partial charge in [-0.1, -0.05) is 89.7 Å². The fourth-order valence-corrected chi connectivity index (χ4v) is 10.6. The third-order valence-corrected chi connectivity index (χ3v) is 13.6. The van der Waals surface area contributed by atoms with Gasteiger partial charge in [0, 0.05) is 32.0 Å². The van der Waals surface area contributed by atoms with Gasteiger partial charge in [-0.3, -0.25) is 20.2 Å². The molecule has 4 saturated heterocycles. The summed E-state index contributed by atoms with van der Waals surface area (Å²) >= 11 is 0. The lowest BCUT2D eigenvalue weighted by Gasteiger charge is -2.63. The van der Waals surface area contributed by atoms with Gasteiger partial charge < -0.3 is 40.8 Å². The Morgan fingerprint density at radius 2 is 1.60 bits per heavy atom. The number of rotatable bonds is 25. The number of amides is 1. The highest BCUT2D eigenvalue weighted by molar-refractivity contribution is 5.76. The van der Waals surface area contributed by atoms with Crippen molar-refractivity contribution in [3.8, 4) is 0 Å². The van der Waals surface area contributed by atoms with Crippen molar-refractivity contribution in [1.82, 2.24) is 20.4 Å². The van der Waals surface area contributed by atoms with Crippen molar-refractivity contribution in [2.24, 2.45) is 17.4 Å². The molecule has 5 heterocycles. The van der Waals surface area contributed by atoms with E-state index < -0.39 is 29.2 Å². The fourth-order valence-electron chi connectivity index (χ4n) is 10.6. The van der Waals surface area contributed by atoms with Gasteiger partial charge in [-0.05, 0) is 97.1 Å². The maximum atomic E-state index is 14.1. The molecule has 4 fully saturated rings. The number of nitrogens with two attached hydrogens (primary N) is 2. The average molecular weight is 819 g/mol. The molecule has 8 N–H and O–H groups in total. The van der Waals surface area contributed by atoms with Crippen LogP contribution in [0.25, 0.3) is 0 Å². The standard InChI is InChI=1S/C45H82N6O7/c1-3-38-22-16-17-26-43(58-38)33-36-24-28-45(55)40(44(27-19-21-35(2)57-44)49-42(48-43)51(36)45)41(54)56-32-18-14-12-10-8-6-4-5-7-9-11-13-15-23-39(53)50(31-20-29-46)34-37(52)25-30-47/h16,22,35-38,40,42,48-49,52,55H,3-15,17-21,23-34,46-47H2,1-2H3/t35-,36+,37+,38+,40-,42?,43+,44-,45+/m0/s1. The fraction of sp³-hybridized carbons (Fsp3) is 0.911. The third-order valence-electron chi connectivity index (χ3n) is 13.6. The summed E-state index contributed by atoms with van der Waals surface area (Å²) in [4.78, 5) is 30.7. The molecule has 1 amide bonds. The molecular weight excluding hydrogens is 737 g/mol. The zero-order valence-corrected chi connectivity index (χ0v) is 36.3. The first kappa shape index (κ1) is 47.4. The molecule has 13 heteroatoms. The molecule has 0 aromatic carbocycles. The van der Waals surface area contributed by atoms with Gasteiger partial charge in [-0.15, -0.1) is 0 Å². The number of aliphatic hydroxyl groups excluding tert-OH is 1. The molecule has 0 radical (unpaired) electrons. The monoisotopic (exact) mass is 819 g/mol. The SMILES string of the molecule is CC[C@@H]1C=CCC[C@]2(C[C@H]3CC[C@@]4(O)[C@@H](C(=O)OCCCCCCCCCCCCCCCC(=O)N(CCCN)C[C@H](O)CCN)[C@@]5(CCC[C@H](C)O5)NC(N2)N34)O1. The maximum Gasteiger partial charge on any atom is 0.317 e. The number of carbonyl (C=O) groups excluding carboxylic acids is 2. The van der Waals surface area contributed by atoms with E-state index >= 15 is 0 Å². The second kappa shape index (κ2) is 23.5. The molecule has 5 aliphatic heterocycles. The Balaban J connectivity index is 0.953. The minimum absolute atomic E-state index is 0.0314. The van der Waals surface area contributed by atoms with Gasteiger partial charge in [-0.2, -0.15) is 0 Å². The highest BCUT2D eigenvalue weighted by Gasteiger charge is 2.70. The van der Waals surface area contributed by atoms with Crippen molar-refractivity contribution >= 4 is 11.9 Å². The Kier molecular flexibility index (Phi) is 19.2. The zero-order chi connectivity index (χ0) is 41.4. The number of nitrogens with one attached hydrogen (secondary N) is 2. The average Bonchev–Trinajstić information content (AvgIpc) is 3.40. The van der Waals surface area contributed by atoms with E-state index in [2.05, 4.69) is 41.5 Å². The van der Waals surface area contributed by atoms with Gasteiger partial charge in [0.2, 0.25) is 5.91 Å². The summed E-state index contributed by atoms with van der Waals surface area (Å²) in [6.07, 6.45) is 27.3. The normalized spacial score (nSPS) is 32.6. The van der Waals surface area contributed by atoms with Gasteiger partial charge in [0.25, 0.3) is 0 Å². The number of ether oxygens (including phenoxy) is 3. The number of esters is 1. The number of hydrogen-bond donors (Lipinski definition) is 6. The smallest absolute Gasteiger partial charge is 0.317 e. The van der Waals surface area contributed by atoms with E-state index in [0.717, 1.165) is 89.9 Å². The summed E-state index contributed by atoms with van der Waals surface area (Å²) in [5.41, 5.74) is 8.33.